The SMILES string of the molecule is C=CC[C@@H](N)c1ccc(C#N)nc1. The lowest BCUT2D eigenvalue weighted by Gasteiger charge is -2.07. The van der Waals surface area contributed by atoms with Gasteiger partial charge in [0.05, 0.1) is 0 Å². The van der Waals surface area contributed by atoms with Crippen molar-refractivity contribution in [3.05, 3.63) is 42.2 Å². The summed E-state index contributed by atoms with van der Waals surface area (Å²) in [6, 6.07) is 5.37. The Morgan fingerprint density at radius 3 is 2.92 bits per heavy atom. The lowest BCUT2D eigenvalue weighted by molar-refractivity contribution is 0.737. The number of nitrogens with zero attached hydrogens (tertiary/aromatic N) is 2. The number of hydrogen-bond donors (Lipinski definition) is 1. The number of pyridine rings is 1. The molecule has 0 aliphatic heterocycles. The van der Waals surface area contributed by atoms with Crippen molar-refractivity contribution in [2.24, 2.45) is 5.73 Å². The van der Waals surface area contributed by atoms with E-state index in [0.29, 0.717) is 12.1 Å². The molecule has 0 aromatic carbocycles. The van der Waals surface area contributed by atoms with E-state index in [0.717, 1.165) is 5.56 Å². The highest BCUT2D eigenvalue weighted by Crippen LogP contribution is 2.12. The van der Waals surface area contributed by atoms with Gasteiger partial charge in [0.2, 0.25) is 0 Å². The third-order valence-electron chi connectivity index (χ3n) is 1.75. The van der Waals surface area contributed by atoms with Gasteiger partial charge in [-0.15, -0.1) is 6.58 Å². The zero-order chi connectivity index (χ0) is 9.68. The van der Waals surface area contributed by atoms with Crippen LogP contribution in [0.5, 0.6) is 0 Å². The maximum absolute atomic E-state index is 8.51. The molecule has 3 nitrogen and oxygen atoms in total. The standard InChI is InChI=1S/C10H11N3/c1-2-3-10(12)8-4-5-9(6-11)13-7-8/h2,4-5,7,10H,1,3,12H2/t10-/m1/s1. The molecule has 0 radical (unpaired) electrons. The smallest absolute Gasteiger partial charge is 0.140 e. The van der Waals surface area contributed by atoms with Crippen LogP contribution in [0.3, 0.4) is 0 Å². The summed E-state index contributed by atoms with van der Waals surface area (Å²) >= 11 is 0. The molecule has 0 saturated carbocycles. The van der Waals surface area contributed by atoms with Gasteiger partial charge in [-0.1, -0.05) is 12.1 Å². The minimum atomic E-state index is -0.0715. The van der Waals surface area contributed by atoms with Gasteiger partial charge in [0.1, 0.15) is 11.8 Å². The minimum Gasteiger partial charge on any atom is -0.324 e. The second-order valence-corrected chi connectivity index (χ2v) is 2.72. The van der Waals surface area contributed by atoms with Gasteiger partial charge < -0.3 is 5.73 Å². The Labute approximate surface area is 77.5 Å². The first-order valence-electron chi connectivity index (χ1n) is 4.00. The molecule has 1 heterocycles. The molecule has 0 aliphatic carbocycles. The van der Waals surface area contributed by atoms with Crippen molar-refractivity contribution in [1.82, 2.24) is 4.98 Å². The molecule has 1 aromatic rings. The Kier molecular flexibility index (Phi) is 3.18. The molecule has 1 atom stereocenters. The van der Waals surface area contributed by atoms with E-state index in [1.807, 2.05) is 12.1 Å². The van der Waals surface area contributed by atoms with Gasteiger partial charge in [0, 0.05) is 12.2 Å². The van der Waals surface area contributed by atoms with Crippen LogP contribution in [0.2, 0.25) is 0 Å². The Hall–Kier alpha value is -1.66. The van der Waals surface area contributed by atoms with E-state index < -0.39 is 0 Å². The zero-order valence-electron chi connectivity index (χ0n) is 7.27. The molecular weight excluding hydrogens is 162 g/mol. The number of hydrogen-bond acceptors (Lipinski definition) is 3. The second-order valence-electron chi connectivity index (χ2n) is 2.72. The van der Waals surface area contributed by atoms with Crippen molar-refractivity contribution in [2.45, 2.75) is 12.5 Å². The number of nitriles is 1. The van der Waals surface area contributed by atoms with Crippen molar-refractivity contribution < 1.29 is 0 Å². The van der Waals surface area contributed by atoms with E-state index >= 15 is 0 Å². The van der Waals surface area contributed by atoms with E-state index in [9.17, 15) is 0 Å². The summed E-state index contributed by atoms with van der Waals surface area (Å²) in [4.78, 5) is 3.93. The van der Waals surface area contributed by atoms with E-state index in [1.165, 1.54) is 0 Å². The van der Waals surface area contributed by atoms with Crippen molar-refractivity contribution in [3.63, 3.8) is 0 Å². The maximum Gasteiger partial charge on any atom is 0.140 e. The van der Waals surface area contributed by atoms with E-state index in [2.05, 4.69) is 11.6 Å². The molecule has 13 heavy (non-hydrogen) atoms. The van der Waals surface area contributed by atoms with Crippen LogP contribution in [-0.2, 0) is 0 Å². The highest BCUT2D eigenvalue weighted by molar-refractivity contribution is 5.24. The summed E-state index contributed by atoms with van der Waals surface area (Å²) in [5, 5.41) is 8.51. The van der Waals surface area contributed by atoms with Crippen LogP contribution in [0, 0.1) is 11.3 Å². The summed E-state index contributed by atoms with van der Waals surface area (Å²) < 4.78 is 0. The molecule has 0 aliphatic rings. The topological polar surface area (TPSA) is 62.7 Å². The first kappa shape index (κ1) is 9.43. The van der Waals surface area contributed by atoms with E-state index in [1.54, 1.807) is 18.3 Å². The normalized spacial score (nSPS) is 11.7. The fourth-order valence-electron chi connectivity index (χ4n) is 1.01. The number of aromatic nitrogens is 1. The quantitative estimate of drug-likeness (QED) is 0.705. The Bertz CT molecular complexity index is 321. The van der Waals surface area contributed by atoms with Crippen molar-refractivity contribution in [1.29, 1.82) is 5.26 Å². The lowest BCUT2D eigenvalue weighted by atomic mass is 10.1. The van der Waals surface area contributed by atoms with Crippen LogP contribution in [0.25, 0.3) is 0 Å². The van der Waals surface area contributed by atoms with Crippen LogP contribution >= 0.6 is 0 Å². The third-order valence-corrected chi connectivity index (χ3v) is 1.75. The highest BCUT2D eigenvalue weighted by atomic mass is 14.7. The molecule has 1 rings (SSSR count). The van der Waals surface area contributed by atoms with Gasteiger partial charge in [-0.05, 0) is 18.1 Å². The molecule has 3 heteroatoms. The summed E-state index contributed by atoms with van der Waals surface area (Å²) in [6.07, 6.45) is 4.11. The molecule has 0 bridgehead atoms. The van der Waals surface area contributed by atoms with Crippen LogP contribution in [0.1, 0.15) is 23.7 Å². The summed E-state index contributed by atoms with van der Waals surface area (Å²) in [5.41, 5.74) is 7.14. The monoisotopic (exact) mass is 173 g/mol. The molecule has 0 fully saturated rings. The second kappa shape index (κ2) is 4.39. The van der Waals surface area contributed by atoms with Crippen LogP contribution in [0.15, 0.2) is 31.0 Å². The average molecular weight is 173 g/mol. The Balaban J connectivity index is 2.80. The zero-order valence-corrected chi connectivity index (χ0v) is 7.27. The van der Waals surface area contributed by atoms with E-state index in [-0.39, 0.29) is 6.04 Å². The molecule has 0 unspecified atom stereocenters. The minimum absolute atomic E-state index is 0.0715. The Morgan fingerprint density at radius 1 is 1.69 bits per heavy atom. The van der Waals surface area contributed by atoms with Gasteiger partial charge in [-0.3, -0.25) is 0 Å². The fraction of sp³-hybridized carbons (Fsp3) is 0.200. The van der Waals surface area contributed by atoms with Crippen molar-refractivity contribution >= 4 is 0 Å². The molecule has 0 amide bonds. The molecule has 66 valence electrons. The van der Waals surface area contributed by atoms with E-state index in [4.69, 9.17) is 11.0 Å². The molecule has 0 spiro atoms. The largest absolute Gasteiger partial charge is 0.324 e. The fourth-order valence-corrected chi connectivity index (χ4v) is 1.01. The number of nitrogens with two attached hydrogens (primary N) is 1. The molecular formula is C10H11N3. The Morgan fingerprint density at radius 2 is 2.46 bits per heavy atom. The number of rotatable bonds is 3. The predicted octanol–water partition coefficient (Wildman–Crippen LogP) is 1.53. The molecule has 2 N–H and O–H groups in total. The predicted molar refractivity (Wildman–Crippen MR) is 50.7 cm³/mol. The lowest BCUT2D eigenvalue weighted by Crippen LogP contribution is -2.09. The van der Waals surface area contributed by atoms with Gasteiger partial charge in [0.25, 0.3) is 0 Å². The van der Waals surface area contributed by atoms with Crippen molar-refractivity contribution in [2.75, 3.05) is 0 Å². The van der Waals surface area contributed by atoms with Gasteiger partial charge in [-0.2, -0.15) is 5.26 Å². The summed E-state index contributed by atoms with van der Waals surface area (Å²) in [7, 11) is 0. The van der Waals surface area contributed by atoms with Gasteiger partial charge in [-0.25, -0.2) is 4.98 Å². The molecule has 1 aromatic heterocycles. The van der Waals surface area contributed by atoms with Crippen LogP contribution < -0.4 is 5.73 Å². The third kappa shape index (κ3) is 2.39. The average Bonchev–Trinajstić information content (AvgIpc) is 2.18. The van der Waals surface area contributed by atoms with Gasteiger partial charge >= 0.3 is 0 Å². The maximum atomic E-state index is 8.51. The first-order chi connectivity index (χ1) is 6.27. The van der Waals surface area contributed by atoms with Crippen LogP contribution in [-0.4, -0.2) is 4.98 Å². The highest BCUT2D eigenvalue weighted by Gasteiger charge is 2.03. The van der Waals surface area contributed by atoms with Gasteiger partial charge in [0.15, 0.2) is 0 Å². The van der Waals surface area contributed by atoms with Crippen molar-refractivity contribution in [3.8, 4) is 6.07 Å². The first-order valence-corrected chi connectivity index (χ1v) is 4.00. The summed E-state index contributed by atoms with van der Waals surface area (Å²) in [5.74, 6) is 0. The van der Waals surface area contributed by atoms with Crippen LogP contribution in [0.4, 0.5) is 0 Å². The summed E-state index contributed by atoms with van der Waals surface area (Å²) in [6.45, 7) is 3.61. The molecule has 0 saturated heterocycles.